The molecule has 0 spiro atoms. The van der Waals surface area contributed by atoms with E-state index in [0.29, 0.717) is 5.92 Å². The van der Waals surface area contributed by atoms with E-state index in [-0.39, 0.29) is 5.97 Å². The second-order valence-corrected chi connectivity index (χ2v) is 5.75. The monoisotopic (exact) mass is 263 g/mol. The van der Waals surface area contributed by atoms with Crippen LogP contribution in [0.1, 0.15) is 39.2 Å². The lowest BCUT2D eigenvalue weighted by atomic mass is 9.91. The van der Waals surface area contributed by atoms with Crippen molar-refractivity contribution in [1.82, 2.24) is 0 Å². The average molecular weight is 263 g/mol. The van der Waals surface area contributed by atoms with Crippen LogP contribution in [-0.2, 0) is 9.53 Å². The van der Waals surface area contributed by atoms with E-state index < -0.39 is 5.54 Å². The normalized spacial score (nSPS) is 14.0. The van der Waals surface area contributed by atoms with Crippen molar-refractivity contribution in [2.24, 2.45) is 5.92 Å². The van der Waals surface area contributed by atoms with Crippen molar-refractivity contribution in [2.75, 3.05) is 12.4 Å². The van der Waals surface area contributed by atoms with E-state index in [2.05, 4.69) is 19.2 Å². The van der Waals surface area contributed by atoms with Gasteiger partial charge in [0.25, 0.3) is 0 Å². The number of benzene rings is 1. The highest BCUT2D eigenvalue weighted by molar-refractivity contribution is 5.84. The third kappa shape index (κ3) is 4.58. The van der Waals surface area contributed by atoms with Gasteiger partial charge >= 0.3 is 5.97 Å². The fourth-order valence-corrected chi connectivity index (χ4v) is 2.06. The summed E-state index contributed by atoms with van der Waals surface area (Å²) < 4.78 is 4.95. The molecule has 0 aromatic heterocycles. The van der Waals surface area contributed by atoms with Crippen molar-refractivity contribution in [1.29, 1.82) is 0 Å². The van der Waals surface area contributed by atoms with Gasteiger partial charge in [-0.2, -0.15) is 0 Å². The molecule has 0 fully saturated rings. The highest BCUT2D eigenvalue weighted by Gasteiger charge is 2.34. The second kappa shape index (κ2) is 6.60. The van der Waals surface area contributed by atoms with Crippen LogP contribution in [0.15, 0.2) is 24.3 Å². The summed E-state index contributed by atoms with van der Waals surface area (Å²) in [7, 11) is 1.44. The summed E-state index contributed by atoms with van der Waals surface area (Å²) in [5.74, 6) is 0.345. The summed E-state index contributed by atoms with van der Waals surface area (Å²) in [5, 5.41) is 3.33. The molecule has 1 aromatic rings. The molecule has 1 atom stereocenters. The van der Waals surface area contributed by atoms with Crippen LogP contribution >= 0.6 is 0 Å². The van der Waals surface area contributed by atoms with E-state index >= 15 is 0 Å². The lowest BCUT2D eigenvalue weighted by molar-refractivity contribution is -0.145. The first kappa shape index (κ1) is 15.5. The van der Waals surface area contributed by atoms with Crippen molar-refractivity contribution in [3.8, 4) is 0 Å². The Labute approximate surface area is 116 Å². The molecule has 0 aliphatic carbocycles. The van der Waals surface area contributed by atoms with Gasteiger partial charge in [0.1, 0.15) is 5.54 Å². The van der Waals surface area contributed by atoms with Crippen LogP contribution in [-0.4, -0.2) is 18.6 Å². The van der Waals surface area contributed by atoms with Crippen LogP contribution in [0.4, 0.5) is 5.69 Å². The fraction of sp³-hybridized carbons (Fsp3) is 0.562. The molecule has 0 amide bonds. The Kier molecular flexibility index (Phi) is 5.40. The first-order chi connectivity index (χ1) is 8.87. The van der Waals surface area contributed by atoms with Gasteiger partial charge in [0.2, 0.25) is 0 Å². The third-order valence-electron chi connectivity index (χ3n) is 3.30. The lowest BCUT2D eigenvalue weighted by Crippen LogP contribution is -2.44. The smallest absolute Gasteiger partial charge is 0.331 e. The van der Waals surface area contributed by atoms with Gasteiger partial charge < -0.3 is 10.1 Å². The largest absolute Gasteiger partial charge is 0.467 e. The molecular weight excluding hydrogens is 238 g/mol. The van der Waals surface area contributed by atoms with Crippen molar-refractivity contribution in [3.05, 3.63) is 29.8 Å². The van der Waals surface area contributed by atoms with Crippen LogP contribution < -0.4 is 5.32 Å². The van der Waals surface area contributed by atoms with Crippen LogP contribution in [0.25, 0.3) is 0 Å². The molecule has 1 unspecified atom stereocenters. The number of hydrogen-bond donors (Lipinski definition) is 1. The molecular formula is C16H25NO2. The Hall–Kier alpha value is -1.51. The Balaban J connectivity index is 2.87. The topological polar surface area (TPSA) is 38.3 Å². The summed E-state index contributed by atoms with van der Waals surface area (Å²) in [6.07, 6.45) is 1.73. The minimum atomic E-state index is -0.674. The zero-order chi connectivity index (χ0) is 14.5. The first-order valence-corrected chi connectivity index (χ1v) is 6.80. The lowest BCUT2D eigenvalue weighted by Gasteiger charge is -2.30. The average Bonchev–Trinajstić information content (AvgIpc) is 2.35. The van der Waals surface area contributed by atoms with Gasteiger partial charge in [-0.05, 0) is 50.3 Å². The quantitative estimate of drug-likeness (QED) is 0.794. The number of rotatable bonds is 6. The summed E-state index contributed by atoms with van der Waals surface area (Å²) in [5.41, 5.74) is 1.45. The van der Waals surface area contributed by atoms with Gasteiger partial charge in [0.15, 0.2) is 0 Å². The van der Waals surface area contributed by atoms with Gasteiger partial charge in [-0.15, -0.1) is 0 Å². The highest BCUT2D eigenvalue weighted by Crippen LogP contribution is 2.24. The van der Waals surface area contributed by atoms with Crippen molar-refractivity contribution in [3.63, 3.8) is 0 Å². The Morgan fingerprint density at radius 3 is 2.63 bits per heavy atom. The standard InChI is InChI=1S/C16H25NO2/c1-12(2)9-10-16(4,15(18)19-5)17-14-8-6-7-13(3)11-14/h6-8,11-12,17H,9-10H2,1-5H3. The maximum atomic E-state index is 12.1. The fourth-order valence-electron chi connectivity index (χ4n) is 2.06. The predicted molar refractivity (Wildman–Crippen MR) is 79.3 cm³/mol. The number of hydrogen-bond acceptors (Lipinski definition) is 3. The van der Waals surface area contributed by atoms with Crippen LogP contribution in [0.2, 0.25) is 0 Å². The molecule has 1 aromatic carbocycles. The van der Waals surface area contributed by atoms with Crippen molar-refractivity contribution < 1.29 is 9.53 Å². The highest BCUT2D eigenvalue weighted by atomic mass is 16.5. The SMILES string of the molecule is COC(=O)C(C)(CCC(C)C)Nc1cccc(C)c1. The van der Waals surface area contributed by atoms with Crippen LogP contribution in [0.3, 0.4) is 0 Å². The Morgan fingerprint density at radius 1 is 1.42 bits per heavy atom. The number of ether oxygens (including phenoxy) is 1. The number of anilines is 1. The van der Waals surface area contributed by atoms with Gasteiger partial charge in [-0.25, -0.2) is 4.79 Å². The van der Waals surface area contributed by atoms with E-state index in [1.807, 2.05) is 38.1 Å². The Morgan fingerprint density at radius 2 is 2.11 bits per heavy atom. The second-order valence-electron chi connectivity index (χ2n) is 5.75. The Bertz CT molecular complexity index is 429. The van der Waals surface area contributed by atoms with Gasteiger partial charge in [0, 0.05) is 5.69 Å². The van der Waals surface area contributed by atoms with E-state index in [9.17, 15) is 4.79 Å². The van der Waals surface area contributed by atoms with E-state index in [1.54, 1.807) is 0 Å². The molecule has 0 radical (unpaired) electrons. The zero-order valence-corrected chi connectivity index (χ0v) is 12.6. The van der Waals surface area contributed by atoms with Gasteiger partial charge in [-0.1, -0.05) is 26.0 Å². The predicted octanol–water partition coefficient (Wildman–Crippen LogP) is 3.77. The summed E-state index contributed by atoms with van der Waals surface area (Å²) in [4.78, 5) is 12.1. The number of aryl methyl sites for hydroxylation is 1. The number of methoxy groups -OCH3 is 1. The maximum absolute atomic E-state index is 12.1. The van der Waals surface area contributed by atoms with Crippen molar-refractivity contribution >= 4 is 11.7 Å². The third-order valence-corrected chi connectivity index (χ3v) is 3.30. The molecule has 0 aliphatic rings. The molecule has 0 saturated carbocycles. The van der Waals surface area contributed by atoms with E-state index in [1.165, 1.54) is 12.7 Å². The molecule has 19 heavy (non-hydrogen) atoms. The minimum Gasteiger partial charge on any atom is -0.467 e. The molecule has 3 heteroatoms. The summed E-state index contributed by atoms with van der Waals surface area (Å²) in [6, 6.07) is 8.03. The van der Waals surface area contributed by atoms with E-state index in [0.717, 1.165) is 18.5 Å². The molecule has 3 nitrogen and oxygen atoms in total. The van der Waals surface area contributed by atoms with Crippen molar-refractivity contribution in [2.45, 2.75) is 46.1 Å². The van der Waals surface area contributed by atoms with Crippen LogP contribution in [0, 0.1) is 12.8 Å². The first-order valence-electron chi connectivity index (χ1n) is 6.80. The molecule has 0 bridgehead atoms. The number of carbonyl (C=O) groups is 1. The summed E-state index contributed by atoms with van der Waals surface area (Å²) in [6.45, 7) is 8.26. The molecule has 106 valence electrons. The number of carbonyl (C=O) groups excluding carboxylic acids is 1. The maximum Gasteiger partial charge on any atom is 0.331 e. The number of nitrogens with one attached hydrogen (secondary N) is 1. The van der Waals surface area contributed by atoms with Gasteiger partial charge in [-0.3, -0.25) is 0 Å². The van der Waals surface area contributed by atoms with E-state index in [4.69, 9.17) is 4.74 Å². The molecule has 1 N–H and O–H groups in total. The van der Waals surface area contributed by atoms with Gasteiger partial charge in [0.05, 0.1) is 7.11 Å². The zero-order valence-electron chi connectivity index (χ0n) is 12.6. The minimum absolute atomic E-state index is 0.213. The molecule has 1 rings (SSSR count). The molecule has 0 aliphatic heterocycles. The molecule has 0 heterocycles. The molecule has 0 saturated heterocycles. The van der Waals surface area contributed by atoms with Crippen LogP contribution in [0.5, 0.6) is 0 Å². The number of esters is 1. The summed E-state index contributed by atoms with van der Waals surface area (Å²) >= 11 is 0.